The van der Waals surface area contributed by atoms with E-state index in [9.17, 15) is 8.42 Å². The molecule has 0 fully saturated rings. The Morgan fingerprint density at radius 3 is 2.28 bits per heavy atom. The van der Waals surface area contributed by atoms with Crippen molar-refractivity contribution >= 4 is 26.1 Å². The van der Waals surface area contributed by atoms with Gasteiger partial charge in [-0.1, -0.05) is 42.5 Å². The number of hydrogen-bond acceptors (Lipinski definition) is 4. The topological polar surface area (TPSA) is 51.4 Å². The third-order valence-electron chi connectivity index (χ3n) is 4.05. The van der Waals surface area contributed by atoms with E-state index in [1.54, 1.807) is 23.5 Å². The van der Waals surface area contributed by atoms with Gasteiger partial charge in [0.05, 0.1) is 16.3 Å². The smallest absolute Gasteiger partial charge is 0.194 e. The number of fused-ring (bicyclic) bond motifs is 1. The largest absolute Gasteiger partial charge is 0.289 e. The van der Waals surface area contributed by atoms with Crippen LogP contribution in [-0.2, 0) is 9.84 Å². The van der Waals surface area contributed by atoms with Crippen molar-refractivity contribution in [3.8, 4) is 22.5 Å². The summed E-state index contributed by atoms with van der Waals surface area (Å²) < 4.78 is 25.5. The zero-order valence-electron chi connectivity index (χ0n) is 13.8. The fraction of sp³-hybridized carbons (Fsp3) is 0.105. The van der Waals surface area contributed by atoms with Crippen molar-refractivity contribution in [2.24, 2.45) is 0 Å². The van der Waals surface area contributed by atoms with Gasteiger partial charge in [-0.05, 0) is 19.1 Å². The molecule has 2 heterocycles. The van der Waals surface area contributed by atoms with Gasteiger partial charge in [-0.2, -0.15) is 0 Å². The zero-order chi connectivity index (χ0) is 17.6. The second-order valence-electron chi connectivity index (χ2n) is 5.97. The van der Waals surface area contributed by atoms with E-state index < -0.39 is 9.84 Å². The van der Waals surface area contributed by atoms with Crippen molar-refractivity contribution in [2.45, 2.75) is 11.8 Å². The molecule has 25 heavy (non-hydrogen) atoms. The Labute approximate surface area is 150 Å². The van der Waals surface area contributed by atoms with Gasteiger partial charge in [0.25, 0.3) is 0 Å². The molecule has 0 saturated carbocycles. The van der Waals surface area contributed by atoms with Crippen LogP contribution in [0.15, 0.2) is 65.7 Å². The highest BCUT2D eigenvalue weighted by Gasteiger charge is 2.18. The molecule has 0 N–H and O–H groups in total. The van der Waals surface area contributed by atoms with Gasteiger partial charge < -0.3 is 0 Å². The summed E-state index contributed by atoms with van der Waals surface area (Å²) in [6, 6.07) is 17.0. The van der Waals surface area contributed by atoms with Gasteiger partial charge in [-0.25, -0.2) is 13.4 Å². The predicted molar refractivity (Wildman–Crippen MR) is 102 cm³/mol. The maximum atomic E-state index is 11.7. The van der Waals surface area contributed by atoms with Crippen LogP contribution >= 0.6 is 11.3 Å². The molecule has 4 nitrogen and oxygen atoms in total. The van der Waals surface area contributed by atoms with Crippen LogP contribution in [0.1, 0.15) is 4.88 Å². The van der Waals surface area contributed by atoms with Crippen LogP contribution in [0.2, 0.25) is 0 Å². The number of imidazole rings is 1. The summed E-state index contributed by atoms with van der Waals surface area (Å²) in [6.45, 7) is 2.05. The van der Waals surface area contributed by atoms with E-state index in [1.807, 2.05) is 42.5 Å². The number of aryl methyl sites for hydroxylation is 1. The lowest BCUT2D eigenvalue weighted by Gasteiger charge is -2.06. The minimum Gasteiger partial charge on any atom is -0.289 e. The molecular formula is C19H16N2O2S2. The van der Waals surface area contributed by atoms with Crippen LogP contribution in [0.5, 0.6) is 0 Å². The second-order valence-corrected chi connectivity index (χ2v) is 9.19. The maximum Gasteiger partial charge on any atom is 0.194 e. The lowest BCUT2D eigenvalue weighted by molar-refractivity contribution is 0.602. The van der Waals surface area contributed by atoms with Crippen LogP contribution in [0.25, 0.3) is 27.5 Å². The third kappa shape index (κ3) is 2.88. The number of rotatable bonds is 3. The Balaban J connectivity index is 1.96. The summed E-state index contributed by atoms with van der Waals surface area (Å²) in [5, 5.41) is 0. The molecule has 0 aliphatic heterocycles. The molecule has 0 bridgehead atoms. The highest BCUT2D eigenvalue weighted by Crippen LogP contribution is 2.35. The molecule has 2 aromatic carbocycles. The minimum atomic E-state index is -3.21. The van der Waals surface area contributed by atoms with Crippen LogP contribution in [-0.4, -0.2) is 24.1 Å². The van der Waals surface area contributed by atoms with Crippen LogP contribution < -0.4 is 0 Å². The molecule has 0 amide bonds. The van der Waals surface area contributed by atoms with Crippen molar-refractivity contribution in [1.82, 2.24) is 9.38 Å². The highest BCUT2D eigenvalue weighted by molar-refractivity contribution is 7.90. The Morgan fingerprint density at radius 2 is 1.64 bits per heavy atom. The van der Waals surface area contributed by atoms with Crippen molar-refractivity contribution in [3.63, 3.8) is 0 Å². The lowest BCUT2D eigenvalue weighted by Crippen LogP contribution is -1.96. The van der Waals surface area contributed by atoms with E-state index >= 15 is 0 Å². The van der Waals surface area contributed by atoms with E-state index in [1.165, 1.54) is 11.1 Å². The molecule has 6 heteroatoms. The molecule has 0 aliphatic rings. The van der Waals surface area contributed by atoms with E-state index in [-0.39, 0.29) is 0 Å². The van der Waals surface area contributed by atoms with Gasteiger partial charge in [0.1, 0.15) is 0 Å². The third-order valence-corrected chi connectivity index (χ3v) is 6.07. The molecule has 0 atom stereocenters. The monoisotopic (exact) mass is 368 g/mol. The van der Waals surface area contributed by atoms with E-state index in [4.69, 9.17) is 4.98 Å². The predicted octanol–water partition coefficient (Wildman–Crippen LogP) is 4.44. The zero-order valence-corrected chi connectivity index (χ0v) is 15.4. The number of nitrogens with zero attached hydrogens (tertiary/aromatic N) is 2. The van der Waals surface area contributed by atoms with Crippen molar-refractivity contribution in [1.29, 1.82) is 0 Å². The van der Waals surface area contributed by atoms with E-state index in [0.717, 1.165) is 27.5 Å². The van der Waals surface area contributed by atoms with Crippen molar-refractivity contribution < 1.29 is 8.42 Å². The number of hydrogen-bond donors (Lipinski definition) is 0. The Morgan fingerprint density at radius 1 is 0.960 bits per heavy atom. The molecule has 0 saturated heterocycles. The SMILES string of the molecule is Cc1cn2c(-c3ccc(S(C)(=O)=O)cc3)c(-c3ccccc3)nc2s1. The molecular weight excluding hydrogens is 352 g/mol. The number of thiazole rings is 1. The van der Waals surface area contributed by atoms with Crippen LogP contribution in [0, 0.1) is 6.92 Å². The number of sulfone groups is 1. The van der Waals surface area contributed by atoms with Gasteiger partial charge in [-0.3, -0.25) is 4.40 Å². The van der Waals surface area contributed by atoms with Crippen molar-refractivity contribution in [3.05, 3.63) is 65.7 Å². The van der Waals surface area contributed by atoms with Gasteiger partial charge in [0.15, 0.2) is 14.8 Å². The highest BCUT2D eigenvalue weighted by atomic mass is 32.2. The summed E-state index contributed by atoms with van der Waals surface area (Å²) >= 11 is 1.64. The molecule has 0 spiro atoms. The van der Waals surface area contributed by atoms with Crippen LogP contribution in [0.4, 0.5) is 0 Å². The molecule has 0 radical (unpaired) electrons. The molecule has 4 aromatic rings. The van der Waals surface area contributed by atoms with E-state index in [0.29, 0.717) is 4.90 Å². The quantitative estimate of drug-likeness (QED) is 0.537. The van der Waals surface area contributed by atoms with Gasteiger partial charge in [0.2, 0.25) is 0 Å². The fourth-order valence-corrected chi connectivity index (χ4v) is 4.35. The first-order valence-corrected chi connectivity index (χ1v) is 10.5. The minimum absolute atomic E-state index is 0.319. The normalized spacial score (nSPS) is 11.9. The van der Waals surface area contributed by atoms with Gasteiger partial charge >= 0.3 is 0 Å². The lowest BCUT2D eigenvalue weighted by atomic mass is 10.1. The average Bonchev–Trinajstić information content (AvgIpc) is 3.11. The van der Waals surface area contributed by atoms with Gasteiger partial charge in [-0.15, -0.1) is 11.3 Å². The number of aromatic nitrogens is 2. The molecule has 126 valence electrons. The van der Waals surface area contributed by atoms with Gasteiger partial charge in [0, 0.05) is 28.5 Å². The first-order chi connectivity index (χ1) is 11.9. The summed E-state index contributed by atoms with van der Waals surface area (Å²) in [5.41, 5.74) is 3.86. The molecule has 2 aromatic heterocycles. The van der Waals surface area contributed by atoms with Crippen molar-refractivity contribution in [2.75, 3.05) is 6.26 Å². The molecule has 0 aliphatic carbocycles. The van der Waals surface area contributed by atoms with Crippen LogP contribution in [0.3, 0.4) is 0 Å². The summed E-state index contributed by atoms with van der Waals surface area (Å²) in [5.74, 6) is 0. The summed E-state index contributed by atoms with van der Waals surface area (Å²) in [7, 11) is -3.21. The molecule has 4 rings (SSSR count). The standard InChI is InChI=1S/C19H16N2O2S2/c1-13-12-21-18(15-8-10-16(11-9-15)25(2,22)23)17(20-19(21)24-13)14-6-4-3-5-7-14/h3-12H,1-2H3. The van der Waals surface area contributed by atoms with E-state index in [2.05, 4.69) is 17.5 Å². The Kier molecular flexibility index (Phi) is 3.74. The second kappa shape index (κ2) is 5.82. The maximum absolute atomic E-state index is 11.7. The first kappa shape index (κ1) is 16.1. The average molecular weight is 368 g/mol. The Hall–Kier alpha value is -2.44. The summed E-state index contributed by atoms with van der Waals surface area (Å²) in [4.78, 5) is 7.24. The Bertz CT molecular complexity index is 1160. The number of benzene rings is 2. The first-order valence-electron chi connectivity index (χ1n) is 7.78. The summed E-state index contributed by atoms with van der Waals surface area (Å²) in [6.07, 6.45) is 3.29. The fourth-order valence-electron chi connectivity index (χ4n) is 2.89. The molecule has 0 unspecified atom stereocenters.